The average molecular weight is 237 g/mol. The SMILES string of the molecule is Cc1nn(C)c(N2CC(=O)NC(=O)C2C)c1N. The molecule has 0 radical (unpaired) electrons. The van der Waals surface area contributed by atoms with Gasteiger partial charge in [0.15, 0.2) is 5.82 Å². The molecule has 1 unspecified atom stereocenters. The molecule has 1 aliphatic heterocycles. The van der Waals surface area contributed by atoms with Crippen LogP contribution in [0.1, 0.15) is 12.6 Å². The molecule has 1 atom stereocenters. The van der Waals surface area contributed by atoms with E-state index in [1.807, 2.05) is 0 Å². The standard InChI is InChI=1S/C10H15N5O2/c1-5-8(11)10(14(3)13-5)15-4-7(16)12-9(17)6(15)2/h6H,4,11H2,1-3H3,(H,12,16,17). The lowest BCUT2D eigenvalue weighted by atomic mass is 10.2. The van der Waals surface area contributed by atoms with Crippen molar-refractivity contribution < 1.29 is 9.59 Å². The molecule has 7 heteroatoms. The summed E-state index contributed by atoms with van der Waals surface area (Å²) >= 11 is 0. The maximum atomic E-state index is 11.6. The third-order valence-electron chi connectivity index (χ3n) is 2.93. The minimum absolute atomic E-state index is 0.107. The van der Waals surface area contributed by atoms with E-state index in [0.29, 0.717) is 17.2 Å². The lowest BCUT2D eigenvalue weighted by Crippen LogP contribution is -2.57. The van der Waals surface area contributed by atoms with Gasteiger partial charge in [-0.3, -0.25) is 19.6 Å². The largest absolute Gasteiger partial charge is 0.394 e. The molecule has 1 aliphatic rings. The summed E-state index contributed by atoms with van der Waals surface area (Å²) in [4.78, 5) is 24.6. The van der Waals surface area contributed by atoms with Gasteiger partial charge in [-0.1, -0.05) is 0 Å². The fourth-order valence-electron chi connectivity index (χ4n) is 1.98. The summed E-state index contributed by atoms with van der Waals surface area (Å²) < 4.78 is 1.59. The number of nitrogens with two attached hydrogens (primary N) is 1. The molecule has 7 nitrogen and oxygen atoms in total. The third-order valence-corrected chi connectivity index (χ3v) is 2.93. The van der Waals surface area contributed by atoms with Gasteiger partial charge < -0.3 is 10.6 Å². The number of nitrogens with zero attached hydrogens (tertiary/aromatic N) is 3. The fraction of sp³-hybridized carbons (Fsp3) is 0.500. The number of nitrogen functional groups attached to an aromatic ring is 1. The quantitative estimate of drug-likeness (QED) is 0.621. The summed E-state index contributed by atoms with van der Waals surface area (Å²) in [5.74, 6) is -0.0379. The molecular formula is C10H15N5O2. The van der Waals surface area contributed by atoms with E-state index in [4.69, 9.17) is 5.73 Å². The first-order valence-corrected chi connectivity index (χ1v) is 5.31. The Bertz CT molecular complexity index is 493. The minimum atomic E-state index is -0.440. The van der Waals surface area contributed by atoms with Crippen LogP contribution in [0.15, 0.2) is 0 Å². The number of aryl methyl sites for hydroxylation is 2. The van der Waals surface area contributed by atoms with E-state index in [1.165, 1.54) is 0 Å². The Morgan fingerprint density at radius 2 is 2.12 bits per heavy atom. The molecule has 92 valence electrons. The number of hydrogen-bond donors (Lipinski definition) is 2. The van der Waals surface area contributed by atoms with Gasteiger partial charge >= 0.3 is 0 Å². The number of rotatable bonds is 1. The first kappa shape index (κ1) is 11.4. The Morgan fingerprint density at radius 3 is 2.65 bits per heavy atom. The van der Waals surface area contributed by atoms with Crippen LogP contribution in [0.25, 0.3) is 0 Å². The van der Waals surface area contributed by atoms with Crippen LogP contribution in [-0.2, 0) is 16.6 Å². The monoisotopic (exact) mass is 237 g/mol. The lowest BCUT2D eigenvalue weighted by molar-refractivity contribution is -0.132. The zero-order valence-corrected chi connectivity index (χ0v) is 10.0. The first-order valence-electron chi connectivity index (χ1n) is 5.31. The van der Waals surface area contributed by atoms with Gasteiger partial charge in [-0.05, 0) is 13.8 Å². The Labute approximate surface area is 98.6 Å². The number of hydrogen-bond acceptors (Lipinski definition) is 5. The van der Waals surface area contributed by atoms with Gasteiger partial charge in [0.2, 0.25) is 11.8 Å². The highest BCUT2D eigenvalue weighted by atomic mass is 16.2. The predicted molar refractivity (Wildman–Crippen MR) is 62.3 cm³/mol. The molecule has 0 aromatic carbocycles. The molecular weight excluding hydrogens is 222 g/mol. The molecule has 2 heterocycles. The van der Waals surface area contributed by atoms with Crippen LogP contribution in [0.5, 0.6) is 0 Å². The van der Waals surface area contributed by atoms with Crippen LogP contribution in [0, 0.1) is 6.92 Å². The van der Waals surface area contributed by atoms with Gasteiger partial charge in [0.25, 0.3) is 0 Å². The maximum Gasteiger partial charge on any atom is 0.249 e. The summed E-state index contributed by atoms with van der Waals surface area (Å²) in [6, 6.07) is -0.440. The molecule has 0 bridgehead atoms. The minimum Gasteiger partial charge on any atom is -0.394 e. The highest BCUT2D eigenvalue weighted by Crippen LogP contribution is 2.27. The molecule has 2 amide bonds. The van der Waals surface area contributed by atoms with E-state index >= 15 is 0 Å². The van der Waals surface area contributed by atoms with Crippen molar-refractivity contribution in [3.63, 3.8) is 0 Å². The molecule has 3 N–H and O–H groups in total. The molecule has 17 heavy (non-hydrogen) atoms. The maximum absolute atomic E-state index is 11.6. The van der Waals surface area contributed by atoms with Crippen molar-refractivity contribution in [1.82, 2.24) is 15.1 Å². The van der Waals surface area contributed by atoms with Crippen LogP contribution in [-0.4, -0.2) is 34.2 Å². The molecule has 0 aliphatic carbocycles. The molecule has 0 spiro atoms. The van der Waals surface area contributed by atoms with Gasteiger partial charge in [-0.2, -0.15) is 5.10 Å². The van der Waals surface area contributed by atoms with Gasteiger partial charge in [0.05, 0.1) is 17.9 Å². The summed E-state index contributed by atoms with van der Waals surface area (Å²) in [6.07, 6.45) is 0. The summed E-state index contributed by atoms with van der Waals surface area (Å²) in [7, 11) is 1.74. The number of piperazine rings is 1. The number of aromatic nitrogens is 2. The number of imide groups is 1. The summed E-state index contributed by atoms with van der Waals surface area (Å²) in [5.41, 5.74) is 7.11. The van der Waals surface area contributed by atoms with Crippen LogP contribution >= 0.6 is 0 Å². The lowest BCUT2D eigenvalue weighted by Gasteiger charge is -2.33. The topological polar surface area (TPSA) is 93.2 Å². The van der Waals surface area contributed by atoms with E-state index in [1.54, 1.807) is 30.5 Å². The first-order chi connectivity index (χ1) is 7.91. The Morgan fingerprint density at radius 1 is 1.47 bits per heavy atom. The normalized spacial score (nSPS) is 20.6. The van der Waals surface area contributed by atoms with Crippen molar-refractivity contribution in [1.29, 1.82) is 0 Å². The van der Waals surface area contributed by atoms with Gasteiger partial charge in [-0.25, -0.2) is 0 Å². The van der Waals surface area contributed by atoms with Gasteiger partial charge in [0, 0.05) is 7.05 Å². The van der Waals surface area contributed by atoms with Crippen molar-refractivity contribution in [2.24, 2.45) is 7.05 Å². The number of carbonyl (C=O) groups excluding carboxylic acids is 2. The fourth-order valence-corrected chi connectivity index (χ4v) is 1.98. The number of amides is 2. The van der Waals surface area contributed by atoms with Crippen molar-refractivity contribution in [3.8, 4) is 0 Å². The number of anilines is 2. The second-order valence-corrected chi connectivity index (χ2v) is 4.16. The molecule has 1 aromatic rings. The summed E-state index contributed by atoms with van der Waals surface area (Å²) in [5, 5.41) is 6.46. The molecule has 1 aromatic heterocycles. The van der Waals surface area contributed by atoms with E-state index in [-0.39, 0.29) is 18.4 Å². The third kappa shape index (κ3) is 1.73. The molecule has 0 saturated carbocycles. The predicted octanol–water partition coefficient (Wildman–Crippen LogP) is -0.838. The van der Waals surface area contributed by atoms with Crippen LogP contribution in [0.4, 0.5) is 11.5 Å². The van der Waals surface area contributed by atoms with Crippen LogP contribution in [0.3, 0.4) is 0 Å². The molecule has 2 rings (SSSR count). The van der Waals surface area contributed by atoms with Crippen molar-refractivity contribution in [2.75, 3.05) is 17.2 Å². The average Bonchev–Trinajstić information content (AvgIpc) is 2.48. The van der Waals surface area contributed by atoms with Crippen molar-refractivity contribution in [3.05, 3.63) is 5.69 Å². The van der Waals surface area contributed by atoms with Gasteiger partial charge in [0.1, 0.15) is 6.04 Å². The highest BCUT2D eigenvalue weighted by molar-refractivity contribution is 6.04. The van der Waals surface area contributed by atoms with Crippen molar-refractivity contribution >= 4 is 23.3 Å². The second kappa shape index (κ2) is 3.76. The van der Waals surface area contributed by atoms with E-state index < -0.39 is 6.04 Å². The zero-order chi connectivity index (χ0) is 12.7. The van der Waals surface area contributed by atoms with Crippen molar-refractivity contribution in [2.45, 2.75) is 19.9 Å². The second-order valence-electron chi connectivity index (χ2n) is 4.16. The van der Waals surface area contributed by atoms with E-state index in [0.717, 1.165) is 0 Å². The molecule has 1 saturated heterocycles. The smallest absolute Gasteiger partial charge is 0.249 e. The Hall–Kier alpha value is -2.05. The highest BCUT2D eigenvalue weighted by Gasteiger charge is 2.33. The van der Waals surface area contributed by atoms with E-state index in [2.05, 4.69) is 10.4 Å². The van der Waals surface area contributed by atoms with E-state index in [9.17, 15) is 9.59 Å². The number of carbonyl (C=O) groups is 2. The van der Waals surface area contributed by atoms with Crippen LogP contribution in [0.2, 0.25) is 0 Å². The Kier molecular flexibility index (Phi) is 2.53. The number of nitrogens with one attached hydrogen (secondary N) is 1. The van der Waals surface area contributed by atoms with Gasteiger partial charge in [-0.15, -0.1) is 0 Å². The Balaban J connectivity index is 2.44. The molecule has 1 fully saturated rings. The van der Waals surface area contributed by atoms with Crippen LogP contribution < -0.4 is 16.0 Å². The zero-order valence-electron chi connectivity index (χ0n) is 10.0. The summed E-state index contributed by atoms with van der Waals surface area (Å²) in [6.45, 7) is 3.62.